The molecule has 1 aromatic heterocycles. The lowest BCUT2D eigenvalue weighted by molar-refractivity contribution is -0.137. The van der Waals surface area contributed by atoms with Gasteiger partial charge in [-0.05, 0) is 40.2 Å². The zero-order valence-electron chi connectivity index (χ0n) is 9.80. The van der Waals surface area contributed by atoms with E-state index in [-0.39, 0.29) is 16.7 Å². The van der Waals surface area contributed by atoms with E-state index in [2.05, 4.69) is 26.2 Å². The number of rotatable bonds is 2. The van der Waals surface area contributed by atoms with E-state index >= 15 is 0 Å². The van der Waals surface area contributed by atoms with Crippen molar-refractivity contribution in [3.63, 3.8) is 0 Å². The third-order valence-corrected chi connectivity index (χ3v) is 3.26. The van der Waals surface area contributed by atoms with Gasteiger partial charge in [0, 0.05) is 16.2 Å². The van der Waals surface area contributed by atoms with E-state index in [0.29, 0.717) is 10.2 Å². The van der Waals surface area contributed by atoms with Gasteiger partial charge in [0.2, 0.25) is 0 Å². The third-order valence-electron chi connectivity index (χ3n) is 2.37. The number of nitrogens with two attached hydrogens (primary N) is 1. The highest BCUT2D eigenvalue weighted by Crippen LogP contribution is 2.35. The molecule has 0 unspecified atom stereocenters. The molecule has 8 heteroatoms. The number of alkyl halides is 3. The Kier molecular flexibility index (Phi) is 4.10. The molecular weight excluding hydrogens is 359 g/mol. The minimum atomic E-state index is -4.42. The molecule has 1 heterocycles. The molecule has 3 nitrogen and oxygen atoms in total. The predicted octanol–water partition coefficient (Wildman–Crippen LogP) is 4.84. The second-order valence-corrected chi connectivity index (χ2v) is 5.17. The Morgan fingerprint density at radius 1 is 1.20 bits per heavy atom. The Morgan fingerprint density at radius 3 is 2.50 bits per heavy atom. The topological polar surface area (TPSA) is 50.9 Å². The van der Waals surface area contributed by atoms with Crippen molar-refractivity contribution in [2.24, 2.45) is 0 Å². The van der Waals surface area contributed by atoms with Gasteiger partial charge in [-0.3, -0.25) is 0 Å². The number of aromatic nitrogens is 1. The van der Waals surface area contributed by atoms with Gasteiger partial charge in [-0.2, -0.15) is 13.2 Å². The Balaban J connectivity index is 2.37. The van der Waals surface area contributed by atoms with E-state index in [4.69, 9.17) is 17.3 Å². The van der Waals surface area contributed by atoms with Crippen LogP contribution in [0.2, 0.25) is 5.15 Å². The van der Waals surface area contributed by atoms with Crippen molar-refractivity contribution in [3.8, 4) is 0 Å². The molecule has 20 heavy (non-hydrogen) atoms. The number of halogens is 5. The van der Waals surface area contributed by atoms with Crippen LogP contribution < -0.4 is 11.1 Å². The van der Waals surface area contributed by atoms with Crippen LogP contribution in [0.4, 0.5) is 30.4 Å². The maximum absolute atomic E-state index is 12.7. The minimum absolute atomic E-state index is 0.149. The lowest BCUT2D eigenvalue weighted by Gasteiger charge is -2.12. The molecule has 0 aliphatic carbocycles. The van der Waals surface area contributed by atoms with Gasteiger partial charge in [-0.25, -0.2) is 4.98 Å². The van der Waals surface area contributed by atoms with E-state index in [1.807, 2.05) is 0 Å². The monoisotopic (exact) mass is 365 g/mol. The fraction of sp³-hybridized carbons (Fsp3) is 0.0833. The largest absolute Gasteiger partial charge is 0.416 e. The summed E-state index contributed by atoms with van der Waals surface area (Å²) >= 11 is 8.91. The van der Waals surface area contributed by atoms with Crippen molar-refractivity contribution < 1.29 is 13.2 Å². The molecule has 0 radical (unpaired) electrons. The van der Waals surface area contributed by atoms with Crippen molar-refractivity contribution >= 4 is 44.7 Å². The number of nitrogen functional groups attached to an aromatic ring is 1. The van der Waals surface area contributed by atoms with Gasteiger partial charge in [0.15, 0.2) is 0 Å². The van der Waals surface area contributed by atoms with Crippen LogP contribution in [-0.2, 0) is 6.18 Å². The summed E-state index contributed by atoms with van der Waals surface area (Å²) in [6, 6.07) is 6.17. The van der Waals surface area contributed by atoms with E-state index in [1.165, 1.54) is 18.2 Å². The highest BCUT2D eigenvalue weighted by molar-refractivity contribution is 9.10. The summed E-state index contributed by atoms with van der Waals surface area (Å²) in [7, 11) is 0. The van der Waals surface area contributed by atoms with Crippen LogP contribution in [0.15, 0.2) is 34.8 Å². The smallest absolute Gasteiger partial charge is 0.399 e. The molecule has 0 aliphatic heterocycles. The van der Waals surface area contributed by atoms with Crippen LogP contribution in [0.3, 0.4) is 0 Å². The first-order chi connectivity index (χ1) is 9.25. The summed E-state index contributed by atoms with van der Waals surface area (Å²) in [5.74, 6) is 0.259. The lowest BCUT2D eigenvalue weighted by atomic mass is 10.2. The molecule has 106 valence electrons. The van der Waals surface area contributed by atoms with Gasteiger partial charge < -0.3 is 11.1 Å². The maximum atomic E-state index is 12.7. The first kappa shape index (κ1) is 14.9. The zero-order chi connectivity index (χ0) is 14.9. The summed E-state index contributed by atoms with van der Waals surface area (Å²) in [6.07, 6.45) is -4.42. The molecule has 0 amide bonds. The normalized spacial score (nSPS) is 11.4. The van der Waals surface area contributed by atoms with Crippen molar-refractivity contribution in [2.45, 2.75) is 6.18 Å². The van der Waals surface area contributed by atoms with Gasteiger partial charge in [-0.1, -0.05) is 11.6 Å². The molecule has 0 saturated carbocycles. The van der Waals surface area contributed by atoms with Gasteiger partial charge in [0.05, 0.1) is 11.3 Å². The summed E-state index contributed by atoms with van der Waals surface area (Å²) in [5, 5.41) is 2.89. The number of nitrogens with one attached hydrogen (secondary N) is 1. The number of benzene rings is 1. The van der Waals surface area contributed by atoms with Crippen molar-refractivity contribution in [1.29, 1.82) is 0 Å². The first-order valence-electron chi connectivity index (χ1n) is 5.32. The van der Waals surface area contributed by atoms with Gasteiger partial charge in [0.1, 0.15) is 11.0 Å². The number of anilines is 3. The SMILES string of the molecule is Nc1cc(Cl)nc(Nc2cc(C(F)(F)F)ccc2Br)c1. The van der Waals surface area contributed by atoms with Crippen LogP contribution in [0.5, 0.6) is 0 Å². The highest BCUT2D eigenvalue weighted by atomic mass is 79.9. The van der Waals surface area contributed by atoms with E-state index < -0.39 is 11.7 Å². The molecule has 0 aliphatic rings. The van der Waals surface area contributed by atoms with E-state index in [1.54, 1.807) is 0 Å². The summed E-state index contributed by atoms with van der Waals surface area (Å²) in [6.45, 7) is 0. The molecular formula is C12H8BrClF3N3. The molecule has 0 atom stereocenters. The van der Waals surface area contributed by atoms with Crippen LogP contribution in [0.25, 0.3) is 0 Å². The third kappa shape index (κ3) is 3.55. The second kappa shape index (κ2) is 5.49. The molecule has 1 aromatic carbocycles. The molecule has 0 spiro atoms. The van der Waals surface area contributed by atoms with Gasteiger partial charge in [0.25, 0.3) is 0 Å². The second-order valence-electron chi connectivity index (χ2n) is 3.93. The minimum Gasteiger partial charge on any atom is -0.399 e. The average molecular weight is 367 g/mol. The Bertz CT molecular complexity index is 626. The van der Waals surface area contributed by atoms with Crippen LogP contribution in [0.1, 0.15) is 5.56 Å². The fourth-order valence-electron chi connectivity index (χ4n) is 1.52. The van der Waals surface area contributed by atoms with Crippen LogP contribution >= 0.6 is 27.5 Å². The van der Waals surface area contributed by atoms with Crippen LogP contribution in [-0.4, -0.2) is 4.98 Å². The van der Waals surface area contributed by atoms with Crippen molar-refractivity contribution in [1.82, 2.24) is 4.98 Å². The predicted molar refractivity (Wildman–Crippen MR) is 76.1 cm³/mol. The van der Waals surface area contributed by atoms with Crippen LogP contribution in [0, 0.1) is 0 Å². The number of hydrogen-bond donors (Lipinski definition) is 2. The summed E-state index contributed by atoms with van der Waals surface area (Å²) in [4.78, 5) is 3.93. The fourth-order valence-corrected chi connectivity index (χ4v) is 2.08. The summed E-state index contributed by atoms with van der Waals surface area (Å²) < 4.78 is 38.5. The van der Waals surface area contributed by atoms with Crippen molar-refractivity contribution in [3.05, 3.63) is 45.5 Å². The molecule has 0 saturated heterocycles. The standard InChI is InChI=1S/C12H8BrClF3N3/c13-8-2-1-6(12(15,16)17)3-9(8)19-11-5-7(18)4-10(14)20-11/h1-5H,(H3,18,19,20). The van der Waals surface area contributed by atoms with Crippen molar-refractivity contribution in [2.75, 3.05) is 11.1 Å². The number of nitrogens with zero attached hydrogens (tertiary/aromatic N) is 1. The quantitative estimate of drug-likeness (QED) is 0.748. The Morgan fingerprint density at radius 2 is 1.90 bits per heavy atom. The molecule has 2 rings (SSSR count). The maximum Gasteiger partial charge on any atom is 0.416 e. The van der Waals surface area contributed by atoms with Gasteiger partial charge >= 0.3 is 6.18 Å². The molecule has 3 N–H and O–H groups in total. The van der Waals surface area contributed by atoms with E-state index in [0.717, 1.165) is 12.1 Å². The Hall–Kier alpha value is -1.47. The van der Waals surface area contributed by atoms with E-state index in [9.17, 15) is 13.2 Å². The molecule has 0 fully saturated rings. The molecule has 2 aromatic rings. The Labute approximate surface area is 126 Å². The molecule has 0 bridgehead atoms. The average Bonchev–Trinajstić information content (AvgIpc) is 2.29. The van der Waals surface area contributed by atoms with Gasteiger partial charge in [-0.15, -0.1) is 0 Å². The first-order valence-corrected chi connectivity index (χ1v) is 6.49. The zero-order valence-corrected chi connectivity index (χ0v) is 12.1. The lowest BCUT2D eigenvalue weighted by Crippen LogP contribution is -2.06. The highest BCUT2D eigenvalue weighted by Gasteiger charge is 2.30. The number of pyridine rings is 1. The number of hydrogen-bond acceptors (Lipinski definition) is 3. The summed E-state index contributed by atoms with van der Waals surface area (Å²) in [5.41, 5.74) is 5.40.